The Hall–Kier alpha value is -2.11. The summed E-state index contributed by atoms with van der Waals surface area (Å²) in [5.41, 5.74) is 0.311. The molecule has 2 heterocycles. The number of rotatable bonds is 2. The molecule has 1 aromatic heterocycles. The van der Waals surface area contributed by atoms with E-state index in [2.05, 4.69) is 4.98 Å². The largest absolute Gasteiger partial charge is 0.433 e. The van der Waals surface area contributed by atoms with Crippen molar-refractivity contribution < 1.29 is 18.0 Å². The van der Waals surface area contributed by atoms with Crippen molar-refractivity contribution in [2.45, 2.75) is 19.0 Å². The molecule has 1 saturated heterocycles. The van der Waals surface area contributed by atoms with Crippen LogP contribution in [0.3, 0.4) is 0 Å². The lowest BCUT2D eigenvalue weighted by atomic mass is 10.1. The Labute approximate surface area is 119 Å². The minimum Gasteiger partial charge on any atom is -0.371 e. The van der Waals surface area contributed by atoms with Crippen LogP contribution in [0.5, 0.6) is 0 Å². The number of aldehydes is 1. The van der Waals surface area contributed by atoms with Crippen molar-refractivity contribution in [3.8, 4) is 0 Å². The van der Waals surface area contributed by atoms with Gasteiger partial charge >= 0.3 is 6.18 Å². The predicted molar refractivity (Wildman–Crippen MR) is 73.6 cm³/mol. The first-order chi connectivity index (χ1) is 9.99. The highest BCUT2D eigenvalue weighted by molar-refractivity contribution is 5.95. The van der Waals surface area contributed by atoms with Crippen LogP contribution in [0.1, 0.15) is 28.9 Å². The van der Waals surface area contributed by atoms with Crippen molar-refractivity contribution in [2.75, 3.05) is 18.0 Å². The molecule has 1 aliphatic heterocycles. The summed E-state index contributed by atoms with van der Waals surface area (Å²) in [6, 6.07) is 5.63. The standard InChI is InChI=1S/C15H13F3N2O/c16-15(17,18)14-8-13(20-5-1-2-6-20)11-7-10(9-21)3-4-12(11)19-14/h3-4,7-9H,1-2,5-6H2. The molecule has 0 N–H and O–H groups in total. The van der Waals surface area contributed by atoms with E-state index in [9.17, 15) is 18.0 Å². The van der Waals surface area contributed by atoms with Crippen molar-refractivity contribution in [3.05, 3.63) is 35.5 Å². The van der Waals surface area contributed by atoms with Gasteiger partial charge in [0.25, 0.3) is 0 Å². The van der Waals surface area contributed by atoms with Crippen LogP contribution in [0.15, 0.2) is 24.3 Å². The summed E-state index contributed by atoms with van der Waals surface area (Å²) in [7, 11) is 0. The van der Waals surface area contributed by atoms with Gasteiger partial charge in [-0.3, -0.25) is 4.79 Å². The topological polar surface area (TPSA) is 33.2 Å². The molecule has 0 spiro atoms. The highest BCUT2D eigenvalue weighted by atomic mass is 19.4. The van der Waals surface area contributed by atoms with Crippen molar-refractivity contribution in [2.24, 2.45) is 0 Å². The van der Waals surface area contributed by atoms with Gasteiger partial charge in [0.2, 0.25) is 0 Å². The summed E-state index contributed by atoms with van der Waals surface area (Å²) >= 11 is 0. The van der Waals surface area contributed by atoms with Crippen LogP contribution in [0.4, 0.5) is 18.9 Å². The lowest BCUT2D eigenvalue weighted by Gasteiger charge is -2.21. The number of carbonyl (C=O) groups is 1. The number of fused-ring (bicyclic) bond motifs is 1. The zero-order valence-corrected chi connectivity index (χ0v) is 11.2. The Morgan fingerprint density at radius 2 is 1.86 bits per heavy atom. The van der Waals surface area contributed by atoms with Gasteiger partial charge in [0.05, 0.1) is 5.52 Å². The molecule has 1 aliphatic rings. The Bertz CT molecular complexity index is 691. The summed E-state index contributed by atoms with van der Waals surface area (Å²) in [4.78, 5) is 16.5. The van der Waals surface area contributed by atoms with E-state index in [0.717, 1.165) is 32.0 Å². The monoisotopic (exact) mass is 294 g/mol. The molecule has 0 radical (unpaired) electrons. The fourth-order valence-electron chi connectivity index (χ4n) is 2.66. The fourth-order valence-corrected chi connectivity index (χ4v) is 2.66. The molecule has 0 bridgehead atoms. The van der Waals surface area contributed by atoms with Crippen molar-refractivity contribution in [1.82, 2.24) is 4.98 Å². The van der Waals surface area contributed by atoms with Crippen molar-refractivity contribution >= 4 is 22.9 Å². The molecule has 1 aromatic carbocycles. The quantitative estimate of drug-likeness (QED) is 0.792. The molecule has 0 aliphatic carbocycles. The molecule has 0 atom stereocenters. The molecule has 1 fully saturated rings. The maximum absolute atomic E-state index is 13.0. The number of nitrogens with zero attached hydrogens (tertiary/aromatic N) is 2. The van der Waals surface area contributed by atoms with Crippen LogP contribution in [-0.4, -0.2) is 24.4 Å². The van der Waals surface area contributed by atoms with E-state index >= 15 is 0 Å². The highest BCUT2D eigenvalue weighted by Crippen LogP contribution is 2.36. The zero-order valence-electron chi connectivity index (χ0n) is 11.2. The van der Waals surface area contributed by atoms with Crippen LogP contribution >= 0.6 is 0 Å². The van der Waals surface area contributed by atoms with Gasteiger partial charge in [0, 0.05) is 29.7 Å². The second kappa shape index (κ2) is 5.02. The van der Waals surface area contributed by atoms with E-state index < -0.39 is 11.9 Å². The Morgan fingerprint density at radius 1 is 1.14 bits per heavy atom. The van der Waals surface area contributed by atoms with E-state index in [1.165, 1.54) is 12.1 Å². The van der Waals surface area contributed by atoms with E-state index in [1.54, 1.807) is 6.07 Å². The van der Waals surface area contributed by atoms with Gasteiger partial charge in [0.1, 0.15) is 12.0 Å². The van der Waals surface area contributed by atoms with Gasteiger partial charge in [-0.05, 0) is 37.1 Å². The molecule has 0 unspecified atom stereocenters. The Kier molecular flexibility index (Phi) is 3.31. The first kappa shape index (κ1) is 13.9. The minimum atomic E-state index is -4.48. The van der Waals surface area contributed by atoms with Gasteiger partial charge < -0.3 is 4.90 Å². The Balaban J connectivity index is 2.25. The van der Waals surface area contributed by atoms with E-state index in [1.807, 2.05) is 4.90 Å². The van der Waals surface area contributed by atoms with Crippen LogP contribution in [0.25, 0.3) is 10.9 Å². The third-order valence-corrected chi connectivity index (χ3v) is 3.68. The lowest BCUT2D eigenvalue weighted by molar-refractivity contribution is -0.140. The maximum Gasteiger partial charge on any atom is 0.433 e. The van der Waals surface area contributed by atoms with Gasteiger partial charge in [-0.1, -0.05) is 0 Å². The first-order valence-corrected chi connectivity index (χ1v) is 6.71. The lowest BCUT2D eigenvalue weighted by Crippen LogP contribution is -2.19. The molecule has 3 rings (SSSR count). The van der Waals surface area contributed by atoms with Crippen LogP contribution in [0, 0.1) is 0 Å². The minimum absolute atomic E-state index is 0.261. The van der Waals surface area contributed by atoms with E-state index in [0.29, 0.717) is 22.9 Å². The zero-order chi connectivity index (χ0) is 15.0. The molecular formula is C15H13F3N2O. The first-order valence-electron chi connectivity index (χ1n) is 6.71. The molecular weight excluding hydrogens is 281 g/mol. The van der Waals surface area contributed by atoms with Crippen LogP contribution < -0.4 is 4.90 Å². The summed E-state index contributed by atoms with van der Waals surface area (Å²) in [5.74, 6) is 0. The molecule has 21 heavy (non-hydrogen) atoms. The number of alkyl halides is 3. The van der Waals surface area contributed by atoms with Gasteiger partial charge in [-0.25, -0.2) is 4.98 Å². The predicted octanol–water partition coefficient (Wildman–Crippen LogP) is 3.67. The molecule has 0 saturated carbocycles. The molecule has 3 nitrogen and oxygen atoms in total. The number of carbonyl (C=O) groups excluding carboxylic acids is 1. The van der Waals surface area contributed by atoms with Gasteiger partial charge in [0.15, 0.2) is 0 Å². The number of hydrogen-bond donors (Lipinski definition) is 0. The SMILES string of the molecule is O=Cc1ccc2nc(C(F)(F)F)cc(N3CCCC3)c2c1. The molecule has 6 heteroatoms. The fraction of sp³-hybridized carbons (Fsp3) is 0.333. The third-order valence-electron chi connectivity index (χ3n) is 3.68. The number of benzene rings is 1. The Morgan fingerprint density at radius 3 is 2.48 bits per heavy atom. The van der Waals surface area contributed by atoms with Crippen molar-refractivity contribution in [1.29, 1.82) is 0 Å². The second-order valence-corrected chi connectivity index (χ2v) is 5.11. The van der Waals surface area contributed by atoms with Crippen LogP contribution in [0.2, 0.25) is 0 Å². The van der Waals surface area contributed by atoms with Gasteiger partial charge in [-0.15, -0.1) is 0 Å². The number of anilines is 1. The summed E-state index contributed by atoms with van der Waals surface area (Å²) in [5, 5.41) is 0.592. The normalized spacial score (nSPS) is 15.7. The number of aromatic nitrogens is 1. The van der Waals surface area contributed by atoms with E-state index in [4.69, 9.17) is 0 Å². The summed E-state index contributed by atoms with van der Waals surface area (Å²) in [6.07, 6.45) is -1.88. The van der Waals surface area contributed by atoms with Crippen molar-refractivity contribution in [3.63, 3.8) is 0 Å². The van der Waals surface area contributed by atoms with Gasteiger partial charge in [-0.2, -0.15) is 13.2 Å². The molecule has 110 valence electrons. The van der Waals surface area contributed by atoms with E-state index in [-0.39, 0.29) is 5.52 Å². The third kappa shape index (κ3) is 2.57. The molecule has 2 aromatic rings. The number of hydrogen-bond acceptors (Lipinski definition) is 3. The number of pyridine rings is 1. The average Bonchev–Trinajstić information content (AvgIpc) is 2.98. The summed E-state index contributed by atoms with van der Waals surface area (Å²) < 4.78 is 39.0. The highest BCUT2D eigenvalue weighted by Gasteiger charge is 2.34. The second-order valence-electron chi connectivity index (χ2n) is 5.11. The maximum atomic E-state index is 13.0. The smallest absolute Gasteiger partial charge is 0.371 e. The summed E-state index contributed by atoms with van der Waals surface area (Å²) in [6.45, 7) is 1.45. The average molecular weight is 294 g/mol. The van der Waals surface area contributed by atoms with Crippen LogP contribution in [-0.2, 0) is 6.18 Å². The number of halogens is 3. The molecule has 0 amide bonds.